The SMILES string of the molecule is COc1ccc2c(c1)CC(C(=O)N1CCCCCC1)CO2. The van der Waals surface area contributed by atoms with Crippen LogP contribution in [0.25, 0.3) is 0 Å². The second-order valence-electron chi connectivity index (χ2n) is 5.93. The molecule has 0 saturated carbocycles. The molecule has 1 amide bonds. The van der Waals surface area contributed by atoms with Crippen LogP contribution in [-0.2, 0) is 11.2 Å². The van der Waals surface area contributed by atoms with E-state index in [0.717, 1.165) is 49.4 Å². The fraction of sp³-hybridized carbons (Fsp3) is 0.588. The Kier molecular flexibility index (Phi) is 4.32. The zero-order valence-electron chi connectivity index (χ0n) is 12.6. The maximum Gasteiger partial charge on any atom is 0.229 e. The number of rotatable bonds is 2. The molecule has 1 atom stereocenters. The molecule has 0 spiro atoms. The molecule has 0 bridgehead atoms. The van der Waals surface area contributed by atoms with Gasteiger partial charge in [0.05, 0.1) is 13.0 Å². The van der Waals surface area contributed by atoms with Crippen molar-refractivity contribution in [3.05, 3.63) is 23.8 Å². The van der Waals surface area contributed by atoms with Gasteiger partial charge in [0.25, 0.3) is 0 Å². The molecule has 2 aliphatic rings. The highest BCUT2D eigenvalue weighted by Gasteiger charge is 2.30. The smallest absolute Gasteiger partial charge is 0.229 e. The molecule has 0 N–H and O–H groups in total. The summed E-state index contributed by atoms with van der Waals surface area (Å²) < 4.78 is 11.0. The lowest BCUT2D eigenvalue weighted by Crippen LogP contribution is -2.41. The summed E-state index contributed by atoms with van der Waals surface area (Å²) in [5.41, 5.74) is 1.08. The van der Waals surface area contributed by atoms with E-state index in [1.54, 1.807) is 7.11 Å². The molecule has 114 valence electrons. The van der Waals surface area contributed by atoms with Crippen molar-refractivity contribution in [3.63, 3.8) is 0 Å². The highest BCUT2D eigenvalue weighted by molar-refractivity contribution is 5.79. The van der Waals surface area contributed by atoms with Crippen molar-refractivity contribution in [1.29, 1.82) is 0 Å². The van der Waals surface area contributed by atoms with E-state index in [9.17, 15) is 4.79 Å². The van der Waals surface area contributed by atoms with Crippen LogP contribution < -0.4 is 9.47 Å². The Bertz CT molecular complexity index is 507. The second-order valence-corrected chi connectivity index (χ2v) is 5.93. The van der Waals surface area contributed by atoms with Gasteiger partial charge in [-0.15, -0.1) is 0 Å². The number of carbonyl (C=O) groups excluding carboxylic acids is 1. The van der Waals surface area contributed by atoms with Crippen LogP contribution in [0.1, 0.15) is 31.2 Å². The van der Waals surface area contributed by atoms with Gasteiger partial charge in [0.15, 0.2) is 0 Å². The summed E-state index contributed by atoms with van der Waals surface area (Å²) in [6.45, 7) is 2.30. The van der Waals surface area contributed by atoms with Crippen LogP contribution in [0.4, 0.5) is 0 Å². The van der Waals surface area contributed by atoms with Crippen LogP contribution in [0.15, 0.2) is 18.2 Å². The fourth-order valence-corrected chi connectivity index (χ4v) is 3.21. The summed E-state index contributed by atoms with van der Waals surface area (Å²) >= 11 is 0. The number of ether oxygens (including phenoxy) is 2. The van der Waals surface area contributed by atoms with Crippen LogP contribution in [0, 0.1) is 5.92 Å². The van der Waals surface area contributed by atoms with E-state index in [1.807, 2.05) is 23.1 Å². The van der Waals surface area contributed by atoms with Crippen molar-refractivity contribution < 1.29 is 14.3 Å². The molecule has 1 fully saturated rings. The third-order valence-electron chi connectivity index (χ3n) is 4.44. The van der Waals surface area contributed by atoms with Gasteiger partial charge < -0.3 is 14.4 Å². The molecular weight excluding hydrogens is 266 g/mol. The second kappa shape index (κ2) is 6.37. The van der Waals surface area contributed by atoms with Crippen molar-refractivity contribution in [2.24, 2.45) is 5.92 Å². The predicted octanol–water partition coefficient (Wildman–Crippen LogP) is 2.65. The molecule has 4 nitrogen and oxygen atoms in total. The molecule has 0 aromatic heterocycles. The topological polar surface area (TPSA) is 38.8 Å². The number of hydrogen-bond donors (Lipinski definition) is 0. The number of carbonyl (C=O) groups is 1. The number of fused-ring (bicyclic) bond motifs is 1. The summed E-state index contributed by atoms with van der Waals surface area (Å²) in [4.78, 5) is 14.7. The summed E-state index contributed by atoms with van der Waals surface area (Å²) in [6.07, 6.45) is 5.49. The molecule has 2 aliphatic heterocycles. The molecule has 2 heterocycles. The van der Waals surface area contributed by atoms with Gasteiger partial charge in [0.2, 0.25) is 5.91 Å². The van der Waals surface area contributed by atoms with E-state index in [-0.39, 0.29) is 11.8 Å². The monoisotopic (exact) mass is 289 g/mol. The number of methoxy groups -OCH3 is 1. The Morgan fingerprint density at radius 1 is 1.24 bits per heavy atom. The lowest BCUT2D eigenvalue weighted by atomic mass is 9.95. The van der Waals surface area contributed by atoms with Crippen molar-refractivity contribution in [2.75, 3.05) is 26.8 Å². The molecule has 1 aromatic carbocycles. The maximum atomic E-state index is 12.7. The molecule has 21 heavy (non-hydrogen) atoms. The molecule has 1 saturated heterocycles. The maximum absolute atomic E-state index is 12.7. The lowest BCUT2D eigenvalue weighted by molar-refractivity contribution is -0.136. The van der Waals surface area contributed by atoms with Crippen LogP contribution >= 0.6 is 0 Å². The Labute approximate surface area is 126 Å². The van der Waals surface area contributed by atoms with Crippen LogP contribution in [0.5, 0.6) is 11.5 Å². The number of nitrogens with zero attached hydrogens (tertiary/aromatic N) is 1. The zero-order valence-corrected chi connectivity index (χ0v) is 12.6. The van der Waals surface area contributed by atoms with Crippen molar-refractivity contribution in [2.45, 2.75) is 32.1 Å². The average molecular weight is 289 g/mol. The van der Waals surface area contributed by atoms with Crippen molar-refractivity contribution >= 4 is 5.91 Å². The number of hydrogen-bond acceptors (Lipinski definition) is 3. The molecular formula is C17H23NO3. The number of likely N-dealkylation sites (tertiary alicyclic amines) is 1. The van der Waals surface area contributed by atoms with Crippen molar-refractivity contribution in [1.82, 2.24) is 4.90 Å². The largest absolute Gasteiger partial charge is 0.497 e. The first kappa shape index (κ1) is 14.2. The molecule has 1 unspecified atom stereocenters. The standard InChI is InChI=1S/C17H23NO3/c1-20-15-6-7-16-13(11-15)10-14(12-21-16)17(19)18-8-4-2-3-5-9-18/h6-7,11,14H,2-5,8-10,12H2,1H3. The summed E-state index contributed by atoms with van der Waals surface area (Å²) in [5, 5.41) is 0. The Balaban J connectivity index is 1.71. The van der Waals surface area contributed by atoms with E-state index in [1.165, 1.54) is 12.8 Å². The predicted molar refractivity (Wildman–Crippen MR) is 80.7 cm³/mol. The quantitative estimate of drug-likeness (QED) is 0.840. The van der Waals surface area contributed by atoms with Gasteiger partial charge in [0.1, 0.15) is 18.1 Å². The van der Waals surface area contributed by atoms with E-state index in [4.69, 9.17) is 9.47 Å². The Morgan fingerprint density at radius 2 is 2.00 bits per heavy atom. The van der Waals surface area contributed by atoms with E-state index < -0.39 is 0 Å². The van der Waals surface area contributed by atoms with Gasteiger partial charge in [0, 0.05) is 13.1 Å². The zero-order chi connectivity index (χ0) is 14.7. The van der Waals surface area contributed by atoms with Crippen molar-refractivity contribution in [3.8, 4) is 11.5 Å². The molecule has 0 radical (unpaired) electrons. The van der Waals surface area contributed by atoms with E-state index >= 15 is 0 Å². The first-order valence-corrected chi connectivity index (χ1v) is 7.86. The minimum atomic E-state index is -0.0530. The van der Waals surface area contributed by atoms with Gasteiger partial charge in [-0.25, -0.2) is 0 Å². The van der Waals surface area contributed by atoms with Gasteiger partial charge in [-0.05, 0) is 43.0 Å². The molecule has 0 aliphatic carbocycles. The lowest BCUT2D eigenvalue weighted by Gasteiger charge is -2.30. The van der Waals surface area contributed by atoms with Gasteiger partial charge in [-0.3, -0.25) is 4.79 Å². The summed E-state index contributed by atoms with van der Waals surface area (Å²) in [6, 6.07) is 5.81. The van der Waals surface area contributed by atoms with E-state index in [0.29, 0.717) is 6.61 Å². The molecule has 1 aromatic rings. The number of benzene rings is 1. The molecule has 3 rings (SSSR count). The summed E-state index contributed by atoms with van der Waals surface area (Å²) in [5.74, 6) is 1.91. The minimum Gasteiger partial charge on any atom is -0.497 e. The Hall–Kier alpha value is -1.71. The van der Waals surface area contributed by atoms with Crippen LogP contribution in [0.3, 0.4) is 0 Å². The minimum absolute atomic E-state index is 0.0530. The highest BCUT2D eigenvalue weighted by Crippen LogP contribution is 2.31. The Morgan fingerprint density at radius 3 is 2.71 bits per heavy atom. The van der Waals surface area contributed by atoms with Gasteiger partial charge in [-0.1, -0.05) is 12.8 Å². The normalized spacial score (nSPS) is 22.0. The first-order chi connectivity index (χ1) is 10.3. The van der Waals surface area contributed by atoms with Gasteiger partial charge in [-0.2, -0.15) is 0 Å². The first-order valence-electron chi connectivity index (χ1n) is 7.86. The fourth-order valence-electron chi connectivity index (χ4n) is 3.21. The molecule has 4 heteroatoms. The van der Waals surface area contributed by atoms with Crippen LogP contribution in [-0.4, -0.2) is 37.6 Å². The third-order valence-corrected chi connectivity index (χ3v) is 4.44. The third kappa shape index (κ3) is 3.14. The average Bonchev–Trinajstić information content (AvgIpc) is 2.82. The summed E-state index contributed by atoms with van der Waals surface area (Å²) in [7, 11) is 1.66. The van der Waals surface area contributed by atoms with Gasteiger partial charge >= 0.3 is 0 Å². The van der Waals surface area contributed by atoms with Crippen LogP contribution in [0.2, 0.25) is 0 Å². The highest BCUT2D eigenvalue weighted by atomic mass is 16.5. The van der Waals surface area contributed by atoms with E-state index in [2.05, 4.69) is 0 Å². The number of amides is 1.